The summed E-state index contributed by atoms with van der Waals surface area (Å²) in [5.41, 5.74) is 10.4. The van der Waals surface area contributed by atoms with Gasteiger partial charge < -0.3 is 27.6 Å². The zero-order valence-electron chi connectivity index (χ0n) is 53.8. The normalized spacial score (nSPS) is 14.3. The summed E-state index contributed by atoms with van der Waals surface area (Å²) < 4.78 is 29.9. The van der Waals surface area contributed by atoms with Crippen molar-refractivity contribution < 1.29 is 18.3 Å². The second kappa shape index (κ2) is 29.0. The van der Waals surface area contributed by atoms with Gasteiger partial charge in [0.2, 0.25) is 11.8 Å². The number of hydrogen-bond donors (Lipinski definition) is 0. The van der Waals surface area contributed by atoms with Crippen molar-refractivity contribution in [2.24, 2.45) is 23.7 Å². The Morgan fingerprint density at radius 3 is 1.47 bits per heavy atom. The number of hydrogen-bond acceptors (Lipinski definition) is 9. The van der Waals surface area contributed by atoms with Crippen LogP contribution in [0.3, 0.4) is 0 Å². The minimum atomic E-state index is -1.08. The summed E-state index contributed by atoms with van der Waals surface area (Å²) >= 11 is 0. The summed E-state index contributed by atoms with van der Waals surface area (Å²) in [6.07, 6.45) is 8.85. The molecule has 11 aromatic rings. The van der Waals surface area contributed by atoms with E-state index >= 15 is 0 Å². The molecule has 12 rings (SSSR count). The molecule has 0 radical (unpaired) electrons. The fraction of sp³-hybridized carbons (Fsp3) is 0.275. The molecule has 1 aliphatic rings. The highest BCUT2D eigenvalue weighted by atomic mass is 16.5. The van der Waals surface area contributed by atoms with Crippen molar-refractivity contribution in [3.63, 3.8) is 0 Å². The molecule has 0 bridgehead atoms. The van der Waals surface area contributed by atoms with Crippen LogP contribution in [0.25, 0.3) is 44.7 Å². The average molecular weight is 1210 g/mol. The lowest BCUT2D eigenvalue weighted by Crippen LogP contribution is -2.58. The molecule has 0 aliphatic carbocycles. The van der Waals surface area contributed by atoms with Crippen molar-refractivity contribution >= 4 is 69.0 Å². The number of benzene rings is 8. The summed E-state index contributed by atoms with van der Waals surface area (Å²) in [7, 11) is 0. The van der Waals surface area contributed by atoms with Crippen LogP contribution < -0.4 is 41.9 Å². The summed E-state index contributed by atoms with van der Waals surface area (Å²) in [6.45, 7) is 13.7. The van der Waals surface area contributed by atoms with E-state index in [-0.39, 0.29) is 17.4 Å². The SMILES string of the molecule is CC(C)CCCC(C)CCOc1cccc(C2=c3c(c(-c4cccc(OCCC(C)CCCC(C)C)c4)n(B(c4ccccc4)c4ccccc4)/c3=C(/C#N)c3nc4ccccc4o3)C(C(C#N)c3nc4ccccc4o3)N2B(c2ccccc2)c2ccccc2)c1. The van der Waals surface area contributed by atoms with Gasteiger partial charge in [0.1, 0.15) is 40.1 Å². The van der Waals surface area contributed by atoms with Gasteiger partial charge in [-0.25, -0.2) is 9.97 Å². The summed E-state index contributed by atoms with van der Waals surface area (Å²) in [4.78, 5) is 12.9. The van der Waals surface area contributed by atoms with Gasteiger partial charge in [0, 0.05) is 33.3 Å². The largest absolute Gasteiger partial charge is 0.494 e. The molecule has 0 saturated carbocycles. The number of fused-ring (bicyclic) bond motifs is 3. The zero-order chi connectivity index (χ0) is 63.5. The first-order valence-corrected chi connectivity index (χ1v) is 33.0. The molecule has 1 aliphatic heterocycles. The number of aromatic nitrogens is 3. The predicted molar refractivity (Wildman–Crippen MR) is 374 cm³/mol. The Hall–Kier alpha value is -9.77. The maximum absolute atomic E-state index is 12.5. The number of oxazole rings is 2. The lowest BCUT2D eigenvalue weighted by atomic mass is 9.48. The maximum atomic E-state index is 12.5. The second-order valence-corrected chi connectivity index (χ2v) is 25.8. The van der Waals surface area contributed by atoms with Crippen LogP contribution in [0, 0.1) is 46.3 Å². The Morgan fingerprint density at radius 1 is 0.511 bits per heavy atom. The Kier molecular flexibility index (Phi) is 19.7. The van der Waals surface area contributed by atoms with Crippen molar-refractivity contribution in [3.05, 3.63) is 252 Å². The Morgan fingerprint density at radius 2 is 0.978 bits per heavy atom. The van der Waals surface area contributed by atoms with Crippen LogP contribution in [-0.2, 0) is 0 Å². The van der Waals surface area contributed by atoms with Gasteiger partial charge in [0.15, 0.2) is 11.2 Å². The van der Waals surface area contributed by atoms with E-state index in [1.807, 2.05) is 84.9 Å². The fourth-order valence-electron chi connectivity index (χ4n) is 13.5. The van der Waals surface area contributed by atoms with Crippen LogP contribution in [-0.4, -0.2) is 46.2 Å². The fourth-order valence-corrected chi connectivity index (χ4v) is 13.5. The van der Waals surface area contributed by atoms with Crippen molar-refractivity contribution in [1.82, 2.24) is 19.3 Å². The minimum Gasteiger partial charge on any atom is -0.494 e. The molecule has 4 atom stereocenters. The van der Waals surface area contributed by atoms with Crippen molar-refractivity contribution in [2.45, 2.75) is 105 Å². The standard InChI is InChI=1S/C80H80B2N6O4/c1-55(2)27-23-29-57(5)47-49-89-65-41-25-31-59(51-65)75-73-74(78(68(54-84)80-86-70-44-20-22-46-72(70)92-80)87(75)81(61-33-11-7-12-34-61)62-35-13-8-14-36-62)76(60-32-26-42-66(52-60)90-50-48-58(6)30-24-28-56(3)4)88(82(63-37-15-9-16-38-63)64-39-17-10-18-40-64)77(73)67(53-83)79-85-69-43-19-21-45-71(69)91-79/h7-22,25-26,31-46,51-52,55-58,67,77H,23-24,27-30,47-50H2,1-6H3/b78-68-. The van der Waals surface area contributed by atoms with Gasteiger partial charge in [-0.3, -0.25) is 0 Å². The quantitative estimate of drug-likeness (QED) is 0.0463. The molecule has 460 valence electrons. The first-order valence-electron chi connectivity index (χ1n) is 33.0. The number of nitrogens with zero attached hydrogens (tertiary/aromatic N) is 6. The molecule has 12 heteroatoms. The van der Waals surface area contributed by atoms with Gasteiger partial charge in [-0.2, -0.15) is 10.5 Å². The molecule has 4 heterocycles. The van der Waals surface area contributed by atoms with Gasteiger partial charge in [0.25, 0.3) is 0 Å². The van der Waals surface area contributed by atoms with Gasteiger partial charge in [0.05, 0.1) is 30.7 Å². The smallest absolute Gasteiger partial charge is 0.328 e. The molecular formula is C80H80B2N6O4. The van der Waals surface area contributed by atoms with Crippen molar-refractivity contribution in [2.75, 3.05) is 13.2 Å². The Bertz CT molecular complexity index is 4350. The third kappa shape index (κ3) is 13.6. The van der Waals surface area contributed by atoms with E-state index in [1.165, 1.54) is 25.7 Å². The number of rotatable bonds is 27. The van der Waals surface area contributed by atoms with E-state index in [0.717, 1.165) is 80.8 Å². The minimum absolute atomic E-state index is 0.161. The second-order valence-electron chi connectivity index (χ2n) is 25.8. The van der Waals surface area contributed by atoms with Crippen molar-refractivity contribution in [1.29, 1.82) is 10.5 Å². The molecule has 0 saturated heterocycles. The highest BCUT2D eigenvalue weighted by Crippen LogP contribution is 2.47. The van der Waals surface area contributed by atoms with E-state index in [1.54, 1.807) is 0 Å². The van der Waals surface area contributed by atoms with E-state index in [2.05, 4.69) is 196 Å². The molecule has 0 spiro atoms. The highest BCUT2D eigenvalue weighted by molar-refractivity contribution is 6.85. The molecule has 0 amide bonds. The van der Waals surface area contributed by atoms with E-state index in [0.29, 0.717) is 75.9 Å². The Balaban J connectivity index is 1.24. The molecule has 0 N–H and O–H groups in total. The molecule has 8 aromatic carbocycles. The topological polar surface area (TPSA) is 126 Å². The molecule has 10 nitrogen and oxygen atoms in total. The average Bonchev–Trinajstić information content (AvgIpc) is 1.52. The van der Waals surface area contributed by atoms with Gasteiger partial charge in [-0.1, -0.05) is 272 Å². The lowest BCUT2D eigenvalue weighted by molar-refractivity contribution is 0.275. The molecule has 0 fully saturated rings. The van der Waals surface area contributed by atoms with E-state index < -0.39 is 25.7 Å². The number of para-hydroxylation sites is 4. The van der Waals surface area contributed by atoms with Crippen LogP contribution >= 0.6 is 0 Å². The number of nitriles is 2. The monoisotopic (exact) mass is 1210 g/mol. The number of ether oxygens (including phenoxy) is 2. The third-order valence-electron chi connectivity index (χ3n) is 18.1. The summed E-state index contributed by atoms with van der Waals surface area (Å²) in [5, 5.41) is 26.3. The lowest BCUT2D eigenvalue weighted by Gasteiger charge is -2.39. The predicted octanol–water partition coefficient (Wildman–Crippen LogP) is 14.9. The van der Waals surface area contributed by atoms with Crippen molar-refractivity contribution in [3.8, 4) is 34.9 Å². The molecule has 4 unspecified atom stereocenters. The summed E-state index contributed by atoms with van der Waals surface area (Å²) in [6, 6.07) is 78.9. The molecular weight excluding hydrogens is 1130 g/mol. The Labute approximate surface area is 542 Å². The molecule has 92 heavy (non-hydrogen) atoms. The third-order valence-corrected chi connectivity index (χ3v) is 18.1. The van der Waals surface area contributed by atoms with E-state index in [9.17, 15) is 10.5 Å². The summed E-state index contributed by atoms with van der Waals surface area (Å²) in [5.74, 6) is 3.04. The first-order chi connectivity index (χ1) is 45.1. The zero-order valence-corrected chi connectivity index (χ0v) is 53.8. The maximum Gasteiger partial charge on any atom is 0.328 e. The van der Waals surface area contributed by atoms with Gasteiger partial charge in [-0.05, 0) is 85.0 Å². The molecule has 3 aromatic heterocycles. The van der Waals surface area contributed by atoms with Gasteiger partial charge >= 0.3 is 13.7 Å². The van der Waals surface area contributed by atoms with Gasteiger partial charge in [-0.15, -0.1) is 0 Å². The van der Waals surface area contributed by atoms with E-state index in [4.69, 9.17) is 28.3 Å². The highest BCUT2D eigenvalue weighted by Gasteiger charge is 2.50. The van der Waals surface area contributed by atoms with Crippen LogP contribution in [0.1, 0.15) is 128 Å². The van der Waals surface area contributed by atoms with Crippen LogP contribution in [0.15, 0.2) is 227 Å². The van der Waals surface area contributed by atoms with Crippen LogP contribution in [0.2, 0.25) is 0 Å². The van der Waals surface area contributed by atoms with Crippen LogP contribution in [0.5, 0.6) is 11.5 Å². The van der Waals surface area contributed by atoms with Crippen LogP contribution in [0.4, 0.5) is 0 Å². The first kappa shape index (κ1) is 62.4.